The lowest BCUT2D eigenvalue weighted by Crippen LogP contribution is -2.36. The molecule has 0 aromatic carbocycles. The monoisotopic (exact) mass is 278 g/mol. The molecule has 19 heavy (non-hydrogen) atoms. The Kier molecular flexibility index (Phi) is 3.36. The molecule has 0 radical (unpaired) electrons. The van der Waals surface area contributed by atoms with Gasteiger partial charge in [0.05, 0.1) is 12.0 Å². The van der Waals surface area contributed by atoms with Crippen molar-refractivity contribution in [2.75, 3.05) is 6.54 Å². The summed E-state index contributed by atoms with van der Waals surface area (Å²) < 4.78 is 5.48. The number of nitrogens with one attached hydrogen (secondary N) is 1. The van der Waals surface area contributed by atoms with E-state index in [0.29, 0.717) is 6.42 Å². The van der Waals surface area contributed by atoms with E-state index in [1.54, 1.807) is 11.3 Å². The van der Waals surface area contributed by atoms with Gasteiger partial charge in [0.1, 0.15) is 5.01 Å². The molecular formula is C13H18N4OS. The second kappa shape index (κ2) is 5.02. The molecule has 1 fully saturated rings. The number of hydrogen-bond acceptors (Lipinski definition) is 6. The average Bonchev–Trinajstić information content (AvgIpc) is 3.11. The Bertz CT molecular complexity index is 556. The van der Waals surface area contributed by atoms with Gasteiger partial charge in [-0.1, -0.05) is 12.1 Å². The van der Waals surface area contributed by atoms with Gasteiger partial charge in [0.25, 0.3) is 0 Å². The molecule has 2 aromatic rings. The molecule has 0 bridgehead atoms. The van der Waals surface area contributed by atoms with E-state index in [-0.39, 0.29) is 5.54 Å². The van der Waals surface area contributed by atoms with Crippen molar-refractivity contribution in [2.45, 2.75) is 45.1 Å². The molecule has 6 heteroatoms. The third kappa shape index (κ3) is 2.42. The molecule has 1 saturated heterocycles. The summed E-state index contributed by atoms with van der Waals surface area (Å²) in [7, 11) is 0. The van der Waals surface area contributed by atoms with Crippen LogP contribution in [0.3, 0.4) is 0 Å². The Hall–Kier alpha value is -1.27. The lowest BCUT2D eigenvalue weighted by Gasteiger charge is -2.22. The van der Waals surface area contributed by atoms with Crippen molar-refractivity contribution in [3.63, 3.8) is 0 Å². The highest BCUT2D eigenvalue weighted by atomic mass is 32.1. The SMILES string of the molecule is CCC1(c2nc(Cc3nc(C)cs3)no2)CCCN1. The number of aryl methyl sites for hydroxylation is 1. The van der Waals surface area contributed by atoms with Crippen molar-refractivity contribution in [1.29, 1.82) is 0 Å². The highest BCUT2D eigenvalue weighted by Crippen LogP contribution is 2.32. The van der Waals surface area contributed by atoms with Crippen LogP contribution in [0.25, 0.3) is 0 Å². The summed E-state index contributed by atoms with van der Waals surface area (Å²) >= 11 is 1.64. The molecule has 3 heterocycles. The zero-order valence-corrected chi connectivity index (χ0v) is 12.1. The van der Waals surface area contributed by atoms with Crippen LogP contribution in [0, 0.1) is 6.92 Å². The summed E-state index contributed by atoms with van der Waals surface area (Å²) in [5.74, 6) is 1.46. The van der Waals surface area contributed by atoms with Gasteiger partial charge in [-0.25, -0.2) is 4.98 Å². The molecule has 0 amide bonds. The topological polar surface area (TPSA) is 63.8 Å². The molecule has 0 aliphatic carbocycles. The normalized spacial score (nSPS) is 23.1. The van der Waals surface area contributed by atoms with Crippen molar-refractivity contribution in [1.82, 2.24) is 20.4 Å². The van der Waals surface area contributed by atoms with Crippen LogP contribution in [0.1, 0.15) is 48.6 Å². The predicted molar refractivity (Wildman–Crippen MR) is 73.2 cm³/mol. The van der Waals surface area contributed by atoms with Crippen LogP contribution >= 0.6 is 11.3 Å². The molecule has 102 valence electrons. The van der Waals surface area contributed by atoms with E-state index in [1.165, 1.54) is 0 Å². The molecule has 1 N–H and O–H groups in total. The molecule has 2 aromatic heterocycles. The quantitative estimate of drug-likeness (QED) is 0.930. The Labute approximate surface area is 116 Å². The fourth-order valence-corrected chi connectivity index (χ4v) is 3.35. The highest BCUT2D eigenvalue weighted by molar-refractivity contribution is 7.09. The summed E-state index contributed by atoms with van der Waals surface area (Å²) in [6.07, 6.45) is 3.87. The highest BCUT2D eigenvalue weighted by Gasteiger charge is 2.38. The van der Waals surface area contributed by atoms with Crippen LogP contribution in [-0.2, 0) is 12.0 Å². The maximum atomic E-state index is 5.48. The first-order chi connectivity index (χ1) is 9.22. The number of hydrogen-bond donors (Lipinski definition) is 1. The van der Waals surface area contributed by atoms with Crippen LogP contribution in [0.5, 0.6) is 0 Å². The fourth-order valence-electron chi connectivity index (χ4n) is 2.58. The zero-order chi connectivity index (χ0) is 13.3. The summed E-state index contributed by atoms with van der Waals surface area (Å²) in [4.78, 5) is 9.00. The minimum absolute atomic E-state index is 0.107. The number of rotatable bonds is 4. The first-order valence-electron chi connectivity index (χ1n) is 6.71. The molecule has 0 saturated carbocycles. The number of aromatic nitrogens is 3. The first kappa shape index (κ1) is 12.7. The lowest BCUT2D eigenvalue weighted by molar-refractivity contribution is 0.249. The van der Waals surface area contributed by atoms with Crippen molar-refractivity contribution in [3.05, 3.63) is 27.8 Å². The van der Waals surface area contributed by atoms with Gasteiger partial charge in [-0.05, 0) is 32.7 Å². The first-order valence-corrected chi connectivity index (χ1v) is 7.59. The van der Waals surface area contributed by atoms with E-state index in [2.05, 4.69) is 27.4 Å². The Morgan fingerprint density at radius 1 is 1.47 bits per heavy atom. The van der Waals surface area contributed by atoms with Crippen LogP contribution in [-0.4, -0.2) is 21.7 Å². The number of nitrogens with zero attached hydrogens (tertiary/aromatic N) is 3. The van der Waals surface area contributed by atoms with E-state index in [1.807, 2.05) is 12.3 Å². The Balaban J connectivity index is 1.79. The van der Waals surface area contributed by atoms with E-state index in [4.69, 9.17) is 4.52 Å². The predicted octanol–water partition coefficient (Wildman–Crippen LogP) is 2.41. The van der Waals surface area contributed by atoms with E-state index in [0.717, 1.165) is 48.2 Å². The van der Waals surface area contributed by atoms with Crippen molar-refractivity contribution in [2.24, 2.45) is 0 Å². The Morgan fingerprint density at radius 3 is 3.00 bits per heavy atom. The van der Waals surface area contributed by atoms with Gasteiger partial charge >= 0.3 is 0 Å². The van der Waals surface area contributed by atoms with Crippen molar-refractivity contribution in [3.8, 4) is 0 Å². The maximum Gasteiger partial charge on any atom is 0.246 e. The van der Waals surface area contributed by atoms with Gasteiger partial charge in [0, 0.05) is 11.1 Å². The third-order valence-corrected chi connectivity index (χ3v) is 4.67. The minimum Gasteiger partial charge on any atom is -0.337 e. The molecule has 3 rings (SSSR count). The summed E-state index contributed by atoms with van der Waals surface area (Å²) in [5, 5.41) is 10.7. The van der Waals surface area contributed by atoms with Gasteiger partial charge in [0.2, 0.25) is 5.89 Å². The van der Waals surface area contributed by atoms with Crippen LogP contribution in [0.4, 0.5) is 0 Å². The van der Waals surface area contributed by atoms with Crippen LogP contribution in [0.2, 0.25) is 0 Å². The molecular weight excluding hydrogens is 260 g/mol. The molecule has 1 unspecified atom stereocenters. The third-order valence-electron chi connectivity index (χ3n) is 3.70. The van der Waals surface area contributed by atoms with E-state index < -0.39 is 0 Å². The van der Waals surface area contributed by atoms with Gasteiger partial charge in [-0.15, -0.1) is 11.3 Å². The fraction of sp³-hybridized carbons (Fsp3) is 0.615. The summed E-state index contributed by atoms with van der Waals surface area (Å²) in [6, 6.07) is 0. The minimum atomic E-state index is -0.107. The van der Waals surface area contributed by atoms with Gasteiger partial charge in [0.15, 0.2) is 5.82 Å². The Morgan fingerprint density at radius 2 is 2.37 bits per heavy atom. The van der Waals surface area contributed by atoms with Crippen molar-refractivity contribution >= 4 is 11.3 Å². The lowest BCUT2D eigenvalue weighted by atomic mass is 9.94. The average molecular weight is 278 g/mol. The smallest absolute Gasteiger partial charge is 0.246 e. The van der Waals surface area contributed by atoms with Crippen LogP contribution in [0.15, 0.2) is 9.90 Å². The van der Waals surface area contributed by atoms with Gasteiger partial charge < -0.3 is 9.84 Å². The second-order valence-corrected chi connectivity index (χ2v) is 5.98. The van der Waals surface area contributed by atoms with Gasteiger partial charge in [-0.3, -0.25) is 0 Å². The number of thiazole rings is 1. The summed E-state index contributed by atoms with van der Waals surface area (Å²) in [5.41, 5.74) is 0.940. The van der Waals surface area contributed by atoms with Crippen molar-refractivity contribution < 1.29 is 4.52 Å². The largest absolute Gasteiger partial charge is 0.337 e. The molecule has 1 aliphatic rings. The summed E-state index contributed by atoms with van der Waals surface area (Å²) in [6.45, 7) is 5.18. The van der Waals surface area contributed by atoms with E-state index in [9.17, 15) is 0 Å². The molecule has 5 nitrogen and oxygen atoms in total. The van der Waals surface area contributed by atoms with Gasteiger partial charge in [-0.2, -0.15) is 4.98 Å². The second-order valence-electron chi connectivity index (χ2n) is 5.04. The molecule has 1 atom stereocenters. The molecule has 1 aliphatic heterocycles. The molecule has 0 spiro atoms. The zero-order valence-electron chi connectivity index (χ0n) is 11.3. The van der Waals surface area contributed by atoms with Crippen LogP contribution < -0.4 is 5.32 Å². The standard InChI is InChI=1S/C13H18N4OS/c1-3-13(5-4-6-14-13)12-16-10(17-18-12)7-11-15-9(2)8-19-11/h8,14H,3-7H2,1-2H3. The maximum absolute atomic E-state index is 5.48. The van der Waals surface area contributed by atoms with E-state index >= 15 is 0 Å².